The minimum absolute atomic E-state index is 0.293. The van der Waals surface area contributed by atoms with Gasteiger partial charge >= 0.3 is 0 Å². The Balaban J connectivity index is 1.51. The van der Waals surface area contributed by atoms with Crippen LogP contribution in [0.2, 0.25) is 0 Å². The van der Waals surface area contributed by atoms with Gasteiger partial charge in [-0.1, -0.05) is 42.0 Å². The van der Waals surface area contributed by atoms with Gasteiger partial charge < -0.3 is 24.8 Å². The molecule has 2 heterocycles. The monoisotopic (exact) mass is 603 g/mol. The number of fused-ring (bicyclic) bond motifs is 1. The van der Waals surface area contributed by atoms with Crippen molar-refractivity contribution < 1.29 is 19.0 Å². The summed E-state index contributed by atoms with van der Waals surface area (Å²) >= 11 is 3.68. The maximum Gasteiger partial charge on any atom is 0.255 e. The van der Waals surface area contributed by atoms with Crippen molar-refractivity contribution in [3.05, 3.63) is 99.4 Å². The molecule has 0 spiro atoms. The largest absolute Gasteiger partial charge is 0.493 e. The second kappa shape index (κ2) is 11.8. The summed E-state index contributed by atoms with van der Waals surface area (Å²) in [7, 11) is 1.59. The van der Waals surface area contributed by atoms with Crippen LogP contribution >= 0.6 is 15.9 Å². The summed E-state index contributed by atoms with van der Waals surface area (Å²) in [6, 6.07) is 18.7. The minimum Gasteiger partial charge on any atom is -0.493 e. The number of halogens is 1. The molecule has 0 bridgehead atoms. The lowest BCUT2D eigenvalue weighted by Gasteiger charge is -2.29. The van der Waals surface area contributed by atoms with E-state index in [2.05, 4.69) is 42.7 Å². The summed E-state index contributed by atoms with van der Waals surface area (Å²) < 4.78 is 20.0. The van der Waals surface area contributed by atoms with Crippen LogP contribution in [0.5, 0.6) is 17.2 Å². The lowest BCUT2D eigenvalue weighted by atomic mass is 9.94. The summed E-state index contributed by atoms with van der Waals surface area (Å²) in [4.78, 5) is 18.2. The number of ether oxygens (including phenoxy) is 3. The topological polar surface area (TPSA) is 99.5 Å². The Morgan fingerprint density at radius 3 is 2.67 bits per heavy atom. The zero-order chi connectivity index (χ0) is 28.2. The number of carbonyl (C=O) groups excluding carboxylic acids is 1. The summed E-state index contributed by atoms with van der Waals surface area (Å²) in [5.41, 5.74) is 4.69. The molecule has 0 aliphatic carbocycles. The van der Waals surface area contributed by atoms with Gasteiger partial charge in [0.15, 0.2) is 11.5 Å². The van der Waals surface area contributed by atoms with E-state index in [-0.39, 0.29) is 5.91 Å². The molecule has 0 fully saturated rings. The fourth-order valence-corrected chi connectivity index (χ4v) is 5.30. The van der Waals surface area contributed by atoms with E-state index in [4.69, 9.17) is 14.2 Å². The summed E-state index contributed by atoms with van der Waals surface area (Å²) in [5.74, 6) is 1.92. The maximum atomic E-state index is 13.8. The van der Waals surface area contributed by atoms with Crippen LogP contribution in [0, 0.1) is 6.92 Å². The van der Waals surface area contributed by atoms with Crippen molar-refractivity contribution >= 4 is 33.5 Å². The molecule has 2 N–H and O–H groups in total. The zero-order valence-electron chi connectivity index (χ0n) is 22.7. The molecule has 3 aromatic carbocycles. The molecule has 1 aliphatic rings. The lowest BCUT2D eigenvalue weighted by molar-refractivity contribution is -0.113. The Hall–Kier alpha value is -4.31. The van der Waals surface area contributed by atoms with E-state index < -0.39 is 6.04 Å². The highest BCUT2D eigenvalue weighted by molar-refractivity contribution is 9.10. The molecule has 5 rings (SSSR count). The number of amides is 1. The average molecular weight is 605 g/mol. The number of methoxy groups -OCH3 is 1. The number of benzene rings is 3. The van der Waals surface area contributed by atoms with Crippen LogP contribution in [-0.4, -0.2) is 34.4 Å². The summed E-state index contributed by atoms with van der Waals surface area (Å²) in [6.07, 6.45) is 1.46. The van der Waals surface area contributed by atoms with Crippen LogP contribution in [0.3, 0.4) is 0 Å². The van der Waals surface area contributed by atoms with E-state index in [1.165, 1.54) is 6.33 Å². The minimum atomic E-state index is -0.589. The number of hydrogen-bond donors (Lipinski definition) is 2. The van der Waals surface area contributed by atoms with Crippen LogP contribution in [0.15, 0.2) is 82.7 Å². The number of para-hydroxylation sites is 2. The van der Waals surface area contributed by atoms with Crippen molar-refractivity contribution in [2.24, 2.45) is 0 Å². The van der Waals surface area contributed by atoms with E-state index in [0.29, 0.717) is 57.8 Å². The molecule has 206 valence electrons. The van der Waals surface area contributed by atoms with Crippen LogP contribution < -0.4 is 24.8 Å². The zero-order valence-corrected chi connectivity index (χ0v) is 24.3. The van der Waals surface area contributed by atoms with Gasteiger partial charge in [-0.05, 0) is 72.1 Å². The van der Waals surface area contributed by atoms with Gasteiger partial charge in [0.25, 0.3) is 5.91 Å². The molecule has 9 nitrogen and oxygen atoms in total. The predicted octanol–water partition coefficient (Wildman–Crippen LogP) is 6.26. The predicted molar refractivity (Wildman–Crippen MR) is 157 cm³/mol. The van der Waals surface area contributed by atoms with Crippen molar-refractivity contribution in [1.82, 2.24) is 14.8 Å². The first-order valence-corrected chi connectivity index (χ1v) is 13.6. The van der Waals surface area contributed by atoms with Gasteiger partial charge in [-0.15, -0.1) is 0 Å². The first kappa shape index (κ1) is 27.3. The SMILES string of the molecule is CCOc1ccccc1NC(=O)C1=C(C)Nc2ncnn2C1c1cc(Br)c(OCc2cccc(C)c2)c(OC)c1. The molecule has 1 amide bonds. The Kier molecular flexibility index (Phi) is 8.06. The van der Waals surface area contributed by atoms with Gasteiger partial charge in [0.1, 0.15) is 24.7 Å². The summed E-state index contributed by atoms with van der Waals surface area (Å²) in [5, 5.41) is 10.7. The number of aryl methyl sites for hydroxylation is 1. The Labute approximate surface area is 241 Å². The Morgan fingerprint density at radius 2 is 1.90 bits per heavy atom. The molecule has 4 aromatic rings. The number of aromatic nitrogens is 3. The maximum absolute atomic E-state index is 13.8. The third-order valence-corrected chi connectivity index (χ3v) is 7.10. The highest BCUT2D eigenvalue weighted by atomic mass is 79.9. The Bertz CT molecular complexity index is 1580. The average Bonchev–Trinajstić information content (AvgIpc) is 3.40. The third-order valence-electron chi connectivity index (χ3n) is 6.51. The lowest BCUT2D eigenvalue weighted by Crippen LogP contribution is -2.31. The molecule has 10 heteroatoms. The van der Waals surface area contributed by atoms with E-state index in [1.807, 2.05) is 75.4 Å². The number of rotatable bonds is 9. The quantitative estimate of drug-likeness (QED) is 0.233. The molecule has 1 aromatic heterocycles. The van der Waals surface area contributed by atoms with Crippen LogP contribution in [0.1, 0.15) is 36.6 Å². The van der Waals surface area contributed by atoms with E-state index in [9.17, 15) is 4.79 Å². The number of nitrogens with one attached hydrogen (secondary N) is 2. The number of anilines is 2. The van der Waals surface area contributed by atoms with Crippen LogP contribution in [0.25, 0.3) is 0 Å². The van der Waals surface area contributed by atoms with E-state index >= 15 is 0 Å². The van der Waals surface area contributed by atoms with Crippen molar-refractivity contribution in [3.8, 4) is 17.2 Å². The number of allylic oxidation sites excluding steroid dienone is 1. The number of nitrogens with zero attached hydrogens (tertiary/aromatic N) is 3. The second-order valence-electron chi connectivity index (χ2n) is 9.29. The first-order chi connectivity index (χ1) is 19.4. The Morgan fingerprint density at radius 1 is 1.07 bits per heavy atom. The number of hydrogen-bond acceptors (Lipinski definition) is 7. The van der Waals surface area contributed by atoms with E-state index in [0.717, 1.165) is 16.7 Å². The van der Waals surface area contributed by atoms with Crippen LogP contribution in [-0.2, 0) is 11.4 Å². The van der Waals surface area contributed by atoms with Gasteiger partial charge in [0, 0.05) is 5.70 Å². The fraction of sp³-hybridized carbons (Fsp3) is 0.233. The molecule has 0 saturated carbocycles. The van der Waals surface area contributed by atoms with Crippen LogP contribution in [0.4, 0.5) is 11.6 Å². The third kappa shape index (κ3) is 5.53. The van der Waals surface area contributed by atoms with Crippen molar-refractivity contribution in [2.75, 3.05) is 24.4 Å². The second-order valence-corrected chi connectivity index (χ2v) is 10.1. The summed E-state index contributed by atoms with van der Waals surface area (Å²) in [6.45, 7) is 6.65. The smallest absolute Gasteiger partial charge is 0.255 e. The van der Waals surface area contributed by atoms with Crippen molar-refractivity contribution in [1.29, 1.82) is 0 Å². The first-order valence-electron chi connectivity index (χ1n) is 12.9. The molecular formula is C30H30BrN5O4. The van der Waals surface area contributed by atoms with Gasteiger partial charge in [-0.25, -0.2) is 4.68 Å². The molecule has 1 aliphatic heterocycles. The number of carbonyl (C=O) groups is 1. The van der Waals surface area contributed by atoms with Crippen molar-refractivity contribution in [2.45, 2.75) is 33.4 Å². The molecule has 1 unspecified atom stereocenters. The standard InChI is InChI=1S/C30H30BrN5O4/c1-5-39-24-12-7-6-11-23(24)35-29(37)26-19(3)34-30-32-17-33-36(30)27(26)21-14-22(31)28(25(15-21)38-4)40-16-20-10-8-9-18(2)13-20/h6-15,17,27H,5,16H2,1-4H3,(H,35,37)(H,32,33,34). The molecular weight excluding hydrogens is 574 g/mol. The highest BCUT2D eigenvalue weighted by Gasteiger charge is 2.35. The normalized spacial score (nSPS) is 14.3. The molecule has 40 heavy (non-hydrogen) atoms. The molecule has 0 saturated heterocycles. The van der Waals surface area contributed by atoms with Crippen molar-refractivity contribution in [3.63, 3.8) is 0 Å². The van der Waals surface area contributed by atoms with E-state index in [1.54, 1.807) is 11.8 Å². The molecule has 1 atom stereocenters. The van der Waals surface area contributed by atoms with Gasteiger partial charge in [-0.2, -0.15) is 10.1 Å². The highest BCUT2D eigenvalue weighted by Crippen LogP contribution is 2.43. The molecule has 0 radical (unpaired) electrons. The fourth-order valence-electron chi connectivity index (χ4n) is 4.73. The van der Waals surface area contributed by atoms with Gasteiger partial charge in [-0.3, -0.25) is 4.79 Å². The van der Waals surface area contributed by atoms with Gasteiger partial charge in [0.05, 0.1) is 29.4 Å². The van der Waals surface area contributed by atoms with Gasteiger partial charge in [0.2, 0.25) is 5.95 Å².